The summed E-state index contributed by atoms with van der Waals surface area (Å²) in [6, 6.07) is 18.4. The largest absolute Gasteiger partial charge is 0.494 e. The van der Waals surface area contributed by atoms with E-state index in [9.17, 15) is 4.79 Å². The lowest BCUT2D eigenvalue weighted by molar-refractivity contribution is -0.124. The van der Waals surface area contributed by atoms with Gasteiger partial charge in [0.2, 0.25) is 0 Å². The number of aromatic nitrogens is 2. The minimum atomic E-state index is 0.0251. The van der Waals surface area contributed by atoms with E-state index in [1.54, 1.807) is 0 Å². The molecular weight excluding hydrogens is 510 g/mol. The second kappa shape index (κ2) is 12.8. The highest BCUT2D eigenvalue weighted by Gasteiger charge is 2.37. The molecule has 0 unspecified atom stereocenters. The number of para-hydroxylation sites is 1. The van der Waals surface area contributed by atoms with Crippen molar-refractivity contribution in [2.45, 2.75) is 70.8 Å². The summed E-state index contributed by atoms with van der Waals surface area (Å²) in [7, 11) is 0. The summed E-state index contributed by atoms with van der Waals surface area (Å²) in [5.41, 5.74) is 3.67. The number of amides is 1. The fraction of sp³-hybridized carbons (Fsp3) is 0.387. The number of rotatable bonds is 10. The van der Waals surface area contributed by atoms with E-state index in [1.807, 2.05) is 76.5 Å². The van der Waals surface area contributed by atoms with E-state index in [0.717, 1.165) is 67.0 Å². The smallest absolute Gasteiger partial charge is 0.266 e. The van der Waals surface area contributed by atoms with Crippen LogP contribution in [-0.4, -0.2) is 37.6 Å². The molecule has 2 aliphatic rings. The summed E-state index contributed by atoms with van der Waals surface area (Å²) in [6.45, 7) is 2.95. The van der Waals surface area contributed by atoms with Crippen molar-refractivity contribution in [3.63, 3.8) is 0 Å². The molecule has 7 heteroatoms. The Hall–Kier alpha value is -2.90. The number of thiocarbonyl (C=S) groups is 1. The number of nitrogens with zero attached hydrogens (tertiary/aromatic N) is 3. The molecule has 2 fully saturated rings. The van der Waals surface area contributed by atoms with E-state index in [1.165, 1.54) is 37.4 Å². The van der Waals surface area contributed by atoms with Gasteiger partial charge < -0.3 is 4.74 Å². The SMILES string of the molecule is CCCCCCOc1ccc(-c2nn(-c3ccccc3)cc2/C=C2\SC(=S)N(C3CCCCC3)C2=O)cc1. The van der Waals surface area contributed by atoms with Crippen LogP contribution in [0.2, 0.25) is 0 Å². The third-order valence-corrected chi connectivity index (χ3v) is 8.54. The number of carbonyl (C=O) groups excluding carboxylic acids is 1. The number of thioether (sulfide) groups is 1. The molecule has 0 radical (unpaired) electrons. The van der Waals surface area contributed by atoms with Crippen LogP contribution >= 0.6 is 24.0 Å². The third-order valence-electron chi connectivity index (χ3n) is 7.21. The summed E-state index contributed by atoms with van der Waals surface area (Å²) < 4.78 is 8.49. The Balaban J connectivity index is 1.41. The predicted octanol–water partition coefficient (Wildman–Crippen LogP) is 8.03. The summed E-state index contributed by atoms with van der Waals surface area (Å²) in [5.74, 6) is 0.889. The molecule has 1 saturated heterocycles. The van der Waals surface area contributed by atoms with Gasteiger partial charge >= 0.3 is 0 Å². The Bertz CT molecular complexity index is 1280. The summed E-state index contributed by atoms with van der Waals surface area (Å²) in [6.07, 6.45) is 14.3. The maximum atomic E-state index is 13.5. The first-order valence-corrected chi connectivity index (χ1v) is 15.0. The number of carbonyl (C=O) groups is 1. The van der Waals surface area contributed by atoms with Gasteiger partial charge in [-0.15, -0.1) is 0 Å². The lowest BCUT2D eigenvalue weighted by atomic mass is 9.94. The second-order valence-corrected chi connectivity index (χ2v) is 11.7. The first-order chi connectivity index (χ1) is 18.6. The average molecular weight is 546 g/mol. The van der Waals surface area contributed by atoms with Gasteiger partial charge in [0.15, 0.2) is 0 Å². The Morgan fingerprint density at radius 3 is 2.53 bits per heavy atom. The lowest BCUT2D eigenvalue weighted by Crippen LogP contribution is -2.39. The van der Waals surface area contributed by atoms with Gasteiger partial charge in [0.05, 0.1) is 22.9 Å². The van der Waals surface area contributed by atoms with E-state index < -0.39 is 0 Å². The van der Waals surface area contributed by atoms with Crippen molar-refractivity contribution in [2.24, 2.45) is 0 Å². The van der Waals surface area contributed by atoms with Gasteiger partial charge in [-0.1, -0.05) is 87.6 Å². The van der Waals surface area contributed by atoms with Crippen molar-refractivity contribution in [3.05, 3.63) is 71.3 Å². The normalized spacial score (nSPS) is 17.5. The Labute approximate surface area is 235 Å². The van der Waals surface area contributed by atoms with Gasteiger partial charge in [-0.05, 0) is 61.7 Å². The lowest BCUT2D eigenvalue weighted by Gasteiger charge is -2.29. The molecule has 1 aliphatic heterocycles. The minimum Gasteiger partial charge on any atom is -0.494 e. The predicted molar refractivity (Wildman–Crippen MR) is 161 cm³/mol. The quantitative estimate of drug-likeness (QED) is 0.147. The molecule has 2 heterocycles. The van der Waals surface area contributed by atoms with Crippen molar-refractivity contribution in [1.82, 2.24) is 14.7 Å². The molecule has 0 spiro atoms. The molecule has 1 aromatic heterocycles. The number of hydrogen-bond donors (Lipinski definition) is 0. The Morgan fingerprint density at radius 2 is 1.79 bits per heavy atom. The summed E-state index contributed by atoms with van der Waals surface area (Å²) in [4.78, 5) is 16.0. The third kappa shape index (κ3) is 6.21. The average Bonchev–Trinajstić information content (AvgIpc) is 3.50. The fourth-order valence-electron chi connectivity index (χ4n) is 5.13. The first-order valence-electron chi connectivity index (χ1n) is 13.8. The topological polar surface area (TPSA) is 47.4 Å². The molecule has 3 aromatic rings. The van der Waals surface area contributed by atoms with Gasteiger partial charge in [0.1, 0.15) is 10.1 Å². The van der Waals surface area contributed by atoms with Crippen LogP contribution in [0.1, 0.15) is 70.3 Å². The van der Waals surface area contributed by atoms with Crippen LogP contribution in [0.3, 0.4) is 0 Å². The monoisotopic (exact) mass is 545 g/mol. The highest BCUT2D eigenvalue weighted by molar-refractivity contribution is 8.26. The van der Waals surface area contributed by atoms with E-state index in [0.29, 0.717) is 9.23 Å². The van der Waals surface area contributed by atoms with Crippen molar-refractivity contribution in [2.75, 3.05) is 6.61 Å². The van der Waals surface area contributed by atoms with E-state index >= 15 is 0 Å². The van der Waals surface area contributed by atoms with Gasteiger partial charge in [-0.25, -0.2) is 4.68 Å². The van der Waals surface area contributed by atoms with E-state index in [-0.39, 0.29) is 11.9 Å². The van der Waals surface area contributed by atoms with Gasteiger partial charge in [0.25, 0.3) is 5.91 Å². The molecule has 38 heavy (non-hydrogen) atoms. The number of hydrogen-bond acceptors (Lipinski definition) is 5. The summed E-state index contributed by atoms with van der Waals surface area (Å²) >= 11 is 7.07. The molecule has 0 N–H and O–H groups in total. The van der Waals surface area contributed by atoms with Crippen molar-refractivity contribution >= 4 is 40.3 Å². The molecule has 0 atom stereocenters. The van der Waals surface area contributed by atoms with Crippen LogP contribution in [0.25, 0.3) is 23.0 Å². The van der Waals surface area contributed by atoms with Crippen LogP contribution in [0.4, 0.5) is 0 Å². The van der Waals surface area contributed by atoms with Crippen molar-refractivity contribution in [1.29, 1.82) is 0 Å². The molecule has 5 nitrogen and oxygen atoms in total. The molecule has 0 bridgehead atoms. The molecular formula is C31H35N3O2S2. The second-order valence-electron chi connectivity index (χ2n) is 9.99. The van der Waals surface area contributed by atoms with Crippen molar-refractivity contribution < 1.29 is 9.53 Å². The zero-order valence-corrected chi connectivity index (χ0v) is 23.6. The van der Waals surface area contributed by atoms with Crippen LogP contribution in [0.15, 0.2) is 65.7 Å². The van der Waals surface area contributed by atoms with Gasteiger partial charge in [-0.3, -0.25) is 9.69 Å². The molecule has 1 aliphatic carbocycles. The summed E-state index contributed by atoms with van der Waals surface area (Å²) in [5, 5.41) is 4.94. The van der Waals surface area contributed by atoms with Crippen molar-refractivity contribution in [3.8, 4) is 22.7 Å². The van der Waals surface area contributed by atoms with Crippen LogP contribution in [0, 0.1) is 0 Å². The van der Waals surface area contributed by atoms with Gasteiger partial charge in [0, 0.05) is 23.4 Å². The molecule has 1 saturated carbocycles. The highest BCUT2D eigenvalue weighted by atomic mass is 32.2. The van der Waals surface area contributed by atoms with Crippen LogP contribution in [-0.2, 0) is 4.79 Å². The molecule has 5 rings (SSSR count). The highest BCUT2D eigenvalue weighted by Crippen LogP contribution is 2.38. The molecule has 2 aromatic carbocycles. The fourth-order valence-corrected chi connectivity index (χ4v) is 6.52. The first kappa shape index (κ1) is 26.7. The molecule has 1 amide bonds. The maximum Gasteiger partial charge on any atom is 0.266 e. The number of ether oxygens (including phenoxy) is 1. The zero-order valence-electron chi connectivity index (χ0n) is 22.0. The van der Waals surface area contributed by atoms with E-state index in [2.05, 4.69) is 6.92 Å². The number of benzene rings is 2. The van der Waals surface area contributed by atoms with E-state index in [4.69, 9.17) is 22.1 Å². The maximum absolute atomic E-state index is 13.5. The van der Waals surface area contributed by atoms with Crippen LogP contribution in [0.5, 0.6) is 5.75 Å². The Kier molecular flexibility index (Phi) is 8.97. The molecule has 198 valence electrons. The number of unbranched alkanes of at least 4 members (excludes halogenated alkanes) is 3. The van der Waals surface area contributed by atoms with Crippen LogP contribution < -0.4 is 4.74 Å². The Morgan fingerprint density at radius 1 is 1.03 bits per heavy atom. The minimum absolute atomic E-state index is 0.0251. The zero-order chi connectivity index (χ0) is 26.3. The standard InChI is InChI=1S/C31H35N3O2S2/c1-2-3-4-11-20-36-27-18-16-23(17-19-27)29-24(22-33(32-29)25-12-7-5-8-13-25)21-28-30(35)34(31(37)38-28)26-14-9-6-10-15-26/h5,7-8,12-13,16-19,21-22,26H,2-4,6,9-11,14-15,20H2,1H3/b28-21-. The van der Waals surface area contributed by atoms with Gasteiger partial charge in [-0.2, -0.15) is 5.10 Å².